The van der Waals surface area contributed by atoms with Crippen molar-refractivity contribution in [3.8, 4) is 0 Å². The number of hydrogen-bond donors (Lipinski definition) is 0. The van der Waals surface area contributed by atoms with Crippen molar-refractivity contribution in [2.24, 2.45) is 0 Å². The second-order valence-electron chi connectivity index (χ2n) is 0.447. The van der Waals surface area contributed by atoms with Crippen molar-refractivity contribution < 1.29 is 75.3 Å². The molecule has 0 unspecified atom stereocenters. The van der Waals surface area contributed by atoms with Gasteiger partial charge in [-0.05, 0) is 0 Å². The van der Waals surface area contributed by atoms with E-state index in [0.717, 1.165) is 0 Å². The minimum absolute atomic E-state index is 0. The summed E-state index contributed by atoms with van der Waals surface area (Å²) < 4.78 is 8.55. The zero-order valence-electron chi connectivity index (χ0n) is 4.04. The molecule has 0 saturated heterocycles. The number of rotatable bonds is 0. The van der Waals surface area contributed by atoms with Crippen LogP contribution in [0.5, 0.6) is 0 Å². The van der Waals surface area contributed by atoms with Gasteiger partial charge in [0.1, 0.15) is 0 Å². The molecule has 0 saturated carbocycles. The summed E-state index contributed by atoms with van der Waals surface area (Å²) in [6.45, 7) is 0. The normalized spacial score (nSPS) is 7.38. The molecule has 0 bridgehead atoms. The minimum Gasteiger partial charge on any atom is -1.00 e. The van der Waals surface area contributed by atoms with Crippen molar-refractivity contribution in [1.82, 2.24) is 0 Å². The maximum atomic E-state index is 8.55. The summed E-state index contributed by atoms with van der Waals surface area (Å²) in [5, 5.41) is 0. The van der Waals surface area contributed by atoms with Gasteiger partial charge >= 0.3 is 68.7 Å². The predicted molar refractivity (Wildman–Crippen MR) is 13.4 cm³/mol. The van der Waals surface area contributed by atoms with Gasteiger partial charge in [0.05, 0.1) is 0 Å². The van der Waals surface area contributed by atoms with Crippen molar-refractivity contribution in [3.05, 3.63) is 0 Å². The van der Waals surface area contributed by atoms with Crippen molar-refractivity contribution >= 4 is 25.2 Å². The third kappa shape index (κ3) is 87.4. The molecule has 0 atom stereocenters. The maximum Gasteiger partial charge on any atom is 3.00 e. The van der Waals surface area contributed by atoms with Crippen LogP contribution in [0.4, 0.5) is 0 Å². The smallest absolute Gasteiger partial charge is 1.00 e. The number of phosphoric acid groups is 1. The van der Waals surface area contributed by atoms with Gasteiger partial charge in [-0.1, -0.05) is 0 Å². The molecule has 8 heavy (non-hydrogen) atoms. The third-order valence-corrected chi connectivity index (χ3v) is 0. The van der Waals surface area contributed by atoms with Gasteiger partial charge in [-0.25, -0.2) is 0 Å². The van der Waals surface area contributed by atoms with Crippen LogP contribution in [0.15, 0.2) is 0 Å². The van der Waals surface area contributed by atoms with Gasteiger partial charge in [-0.2, -0.15) is 7.82 Å². The Bertz CT molecular complexity index is 62.2. The van der Waals surface area contributed by atoms with Crippen LogP contribution in [0.3, 0.4) is 0 Å². The van der Waals surface area contributed by atoms with Gasteiger partial charge in [0.15, 0.2) is 0 Å². The van der Waals surface area contributed by atoms with E-state index in [4.69, 9.17) is 19.2 Å². The average Bonchev–Trinajstić information content (AvgIpc) is 0.722. The van der Waals surface area contributed by atoms with E-state index in [1.54, 1.807) is 0 Å². The van der Waals surface area contributed by atoms with Crippen molar-refractivity contribution in [1.29, 1.82) is 0 Å². The number of hydrogen-bond acceptors (Lipinski definition) is 4. The summed E-state index contributed by atoms with van der Waals surface area (Å²) in [7, 11) is -5.39. The van der Waals surface area contributed by atoms with Gasteiger partial charge in [0.25, 0.3) is 0 Å². The Morgan fingerprint density at radius 2 is 1.12 bits per heavy atom. The maximum absolute atomic E-state index is 8.55. The zero-order valence-corrected chi connectivity index (χ0v) is 9.21. The first-order valence-corrected chi connectivity index (χ1v) is 2.19. The minimum atomic E-state index is -5.39. The van der Waals surface area contributed by atoms with Crippen LogP contribution in [0.2, 0.25) is 0 Å². The first kappa shape index (κ1) is 22.5. The van der Waals surface area contributed by atoms with E-state index in [9.17, 15) is 0 Å². The monoisotopic (exact) mass is 180 g/mol. The summed E-state index contributed by atoms with van der Waals surface area (Å²) in [5.74, 6) is 0. The molecule has 0 aromatic heterocycles. The molecule has 0 radical (unpaired) electrons. The number of halogens is 1. The van der Waals surface area contributed by atoms with Gasteiger partial charge in [0, 0.05) is 0 Å². The fourth-order valence-corrected chi connectivity index (χ4v) is 0. The summed E-state index contributed by atoms with van der Waals surface area (Å²) >= 11 is 0. The van der Waals surface area contributed by atoms with Gasteiger partial charge < -0.3 is 23.9 Å². The van der Waals surface area contributed by atoms with E-state index in [2.05, 4.69) is 0 Å². The summed E-state index contributed by atoms with van der Waals surface area (Å²) in [5.41, 5.74) is 0. The molecule has 0 aliphatic heterocycles. The predicted octanol–water partition coefficient (Wildman–Crippen LogP) is -9.20. The van der Waals surface area contributed by atoms with Crippen LogP contribution < -0.4 is 70.8 Å². The molecule has 0 amide bonds. The summed E-state index contributed by atoms with van der Waals surface area (Å²) in [4.78, 5) is 25.6. The molecule has 40 valence electrons. The standard InChI is InChI=1S/Al.FH.K.H3O4P/c;;;1-5(2,3)4/h;1H;;(H3,1,2,3,4)/q+3;;+1;/p-4. The molecule has 0 aromatic rings. The van der Waals surface area contributed by atoms with Crippen LogP contribution in [-0.4, -0.2) is 17.4 Å². The molecule has 0 aliphatic carbocycles. The molecule has 0 aromatic carbocycles. The Morgan fingerprint density at radius 3 is 1.12 bits per heavy atom. The second kappa shape index (κ2) is 9.21. The quantitative estimate of drug-likeness (QED) is 0.273. The Kier molecular flexibility index (Phi) is 25.9. The van der Waals surface area contributed by atoms with Crippen LogP contribution in [-0.2, 0) is 4.57 Å². The Balaban J connectivity index is -0.0000000267. The molecule has 0 fully saturated rings. The van der Waals surface area contributed by atoms with Gasteiger partial charge in [0.2, 0.25) is 0 Å². The molecule has 0 aliphatic rings. The first-order chi connectivity index (χ1) is 2.00. The molecule has 0 N–H and O–H groups in total. The average molecular weight is 180 g/mol. The zero-order chi connectivity index (χ0) is 4.50. The molecule has 4 nitrogen and oxygen atoms in total. The van der Waals surface area contributed by atoms with E-state index in [1.165, 1.54) is 0 Å². The summed E-state index contributed by atoms with van der Waals surface area (Å²) in [6, 6.07) is 0. The van der Waals surface area contributed by atoms with Crippen molar-refractivity contribution in [2.45, 2.75) is 0 Å². The van der Waals surface area contributed by atoms with E-state index in [0.29, 0.717) is 0 Å². The fourth-order valence-electron chi connectivity index (χ4n) is 0. The molecule has 0 heterocycles. The van der Waals surface area contributed by atoms with Gasteiger partial charge in [-0.3, -0.25) is 0 Å². The SMILES string of the molecule is O=P([O-])([O-])[O-].[Al+3].[F-].[K+]. The second-order valence-corrected chi connectivity index (χ2v) is 1.34. The van der Waals surface area contributed by atoms with E-state index >= 15 is 0 Å². The van der Waals surface area contributed by atoms with E-state index in [1.807, 2.05) is 0 Å². The molecular weight excluding hydrogens is 180 g/mol. The van der Waals surface area contributed by atoms with Crippen LogP contribution >= 0.6 is 7.82 Å². The van der Waals surface area contributed by atoms with E-state index in [-0.39, 0.29) is 73.4 Å². The largest absolute Gasteiger partial charge is 3.00 e. The topological polar surface area (TPSA) is 86.2 Å². The van der Waals surface area contributed by atoms with E-state index < -0.39 is 7.82 Å². The van der Waals surface area contributed by atoms with Crippen LogP contribution in [0, 0.1) is 0 Å². The Labute approximate surface area is 98.8 Å². The Hall–Kier alpha value is 2.21. The Morgan fingerprint density at radius 1 is 1.12 bits per heavy atom. The molecule has 0 rings (SSSR count). The van der Waals surface area contributed by atoms with Gasteiger partial charge in [-0.15, -0.1) is 0 Å². The molecule has 0 spiro atoms. The first-order valence-electron chi connectivity index (χ1n) is 0.730. The van der Waals surface area contributed by atoms with Crippen molar-refractivity contribution in [2.75, 3.05) is 0 Å². The van der Waals surface area contributed by atoms with Crippen molar-refractivity contribution in [3.63, 3.8) is 0 Å². The molecule has 8 heteroatoms. The summed E-state index contributed by atoms with van der Waals surface area (Å²) in [6.07, 6.45) is 0. The third-order valence-electron chi connectivity index (χ3n) is 0. The van der Waals surface area contributed by atoms with Crippen LogP contribution in [0.1, 0.15) is 0 Å². The fraction of sp³-hybridized carbons (Fsp3) is 0. The molecular formula is AlFKO4P. The van der Waals surface area contributed by atoms with Crippen LogP contribution in [0.25, 0.3) is 0 Å².